The maximum Gasteiger partial charge on any atom is 0.159 e. The van der Waals surface area contributed by atoms with Crippen molar-refractivity contribution in [3.8, 4) is 22.3 Å². The van der Waals surface area contributed by atoms with E-state index in [1.165, 1.54) is 49.5 Å². The summed E-state index contributed by atoms with van der Waals surface area (Å²) in [7, 11) is 0. The Labute approximate surface area is 342 Å². The third-order valence-corrected chi connectivity index (χ3v) is 12.5. The van der Waals surface area contributed by atoms with Crippen LogP contribution in [0.5, 0.6) is 0 Å². The van der Waals surface area contributed by atoms with Gasteiger partial charge in [0.25, 0.3) is 0 Å². The predicted molar refractivity (Wildman–Crippen MR) is 246 cm³/mol. The van der Waals surface area contributed by atoms with E-state index in [1.54, 1.807) is 0 Å². The fraction of sp³-hybridized carbons (Fsp3) is 0.0175. The van der Waals surface area contributed by atoms with E-state index < -0.39 is 5.41 Å². The van der Waals surface area contributed by atoms with Gasteiger partial charge in [0.2, 0.25) is 0 Å². The molecule has 1 aliphatic carbocycles. The van der Waals surface area contributed by atoms with Crippen LogP contribution in [0.15, 0.2) is 229 Å². The van der Waals surface area contributed by atoms with Crippen molar-refractivity contribution in [1.82, 2.24) is 0 Å². The number of anilines is 3. The number of para-hydroxylation sites is 1. The number of nitrogens with zero attached hydrogens (tertiary/aromatic N) is 1. The molecule has 0 unspecified atom stereocenters. The lowest BCUT2D eigenvalue weighted by molar-refractivity contribution is 0.673. The van der Waals surface area contributed by atoms with E-state index in [9.17, 15) is 0 Å². The minimum Gasteiger partial charge on any atom is -0.453 e. The molecule has 0 atom stereocenters. The van der Waals surface area contributed by atoms with Crippen LogP contribution in [0.25, 0.3) is 65.7 Å². The minimum atomic E-state index is -0.536. The standard InChI is InChI=1S/C57H37NO/c1-5-19-38(20-6-1)39-35-50-54-48-30-15-13-27-44(48)45-28-14-16-31-49(45)56(54)59-55(50)53(36-39)58(42-25-11-4-12-26-42)43-33-34-47-46-29-17-18-32-51(46)57(52(47)37-43,40-21-7-2-8-22-40)41-23-9-3-10-24-41/h1-37H. The second kappa shape index (κ2) is 13.2. The molecule has 12 rings (SSSR count). The smallest absolute Gasteiger partial charge is 0.159 e. The van der Waals surface area contributed by atoms with Crippen molar-refractivity contribution in [3.05, 3.63) is 247 Å². The summed E-state index contributed by atoms with van der Waals surface area (Å²) in [6.45, 7) is 0. The molecule has 0 N–H and O–H groups in total. The second-order valence-electron chi connectivity index (χ2n) is 15.6. The lowest BCUT2D eigenvalue weighted by atomic mass is 9.67. The molecular formula is C57H37NO. The molecule has 276 valence electrons. The molecule has 1 aromatic heterocycles. The van der Waals surface area contributed by atoms with Crippen LogP contribution in [0.1, 0.15) is 22.3 Å². The molecule has 59 heavy (non-hydrogen) atoms. The summed E-state index contributed by atoms with van der Waals surface area (Å²) in [5, 5.41) is 6.94. The fourth-order valence-electron chi connectivity index (χ4n) is 10.0. The maximum absolute atomic E-state index is 7.30. The first kappa shape index (κ1) is 33.5. The van der Waals surface area contributed by atoms with E-state index in [2.05, 4.69) is 229 Å². The Morgan fingerprint density at radius 3 is 1.58 bits per heavy atom. The summed E-state index contributed by atoms with van der Waals surface area (Å²) in [5.74, 6) is 0. The minimum absolute atomic E-state index is 0.536. The Balaban J connectivity index is 1.21. The molecule has 2 nitrogen and oxygen atoms in total. The van der Waals surface area contributed by atoms with Crippen LogP contribution >= 0.6 is 0 Å². The van der Waals surface area contributed by atoms with Crippen molar-refractivity contribution in [3.63, 3.8) is 0 Å². The van der Waals surface area contributed by atoms with Gasteiger partial charge in [0.1, 0.15) is 5.58 Å². The molecule has 2 heteroatoms. The van der Waals surface area contributed by atoms with Gasteiger partial charge in [-0.3, -0.25) is 0 Å². The summed E-state index contributed by atoms with van der Waals surface area (Å²) in [6, 6.07) is 81.6. The Morgan fingerprint density at radius 1 is 0.339 bits per heavy atom. The molecule has 1 heterocycles. The number of fused-ring (bicyclic) bond motifs is 11. The Kier molecular flexibility index (Phi) is 7.48. The van der Waals surface area contributed by atoms with Gasteiger partial charge in [-0.05, 0) is 97.1 Å². The van der Waals surface area contributed by atoms with Crippen LogP contribution in [0.3, 0.4) is 0 Å². The van der Waals surface area contributed by atoms with E-state index in [0.717, 1.165) is 55.5 Å². The Morgan fingerprint density at radius 2 is 0.881 bits per heavy atom. The topological polar surface area (TPSA) is 16.4 Å². The Bertz CT molecular complexity index is 3330. The van der Waals surface area contributed by atoms with E-state index in [4.69, 9.17) is 4.42 Å². The van der Waals surface area contributed by atoms with Crippen LogP contribution in [0.2, 0.25) is 0 Å². The molecule has 0 fully saturated rings. The van der Waals surface area contributed by atoms with Gasteiger partial charge in [0.15, 0.2) is 5.58 Å². The van der Waals surface area contributed by atoms with Gasteiger partial charge in [-0.1, -0.05) is 188 Å². The first-order chi connectivity index (χ1) is 29.3. The summed E-state index contributed by atoms with van der Waals surface area (Å²) >= 11 is 0. The van der Waals surface area contributed by atoms with Gasteiger partial charge >= 0.3 is 0 Å². The third kappa shape index (κ3) is 4.93. The highest BCUT2D eigenvalue weighted by Gasteiger charge is 2.46. The number of benzene rings is 10. The molecule has 1 aliphatic rings. The quantitative estimate of drug-likeness (QED) is 0.157. The number of hydrogen-bond donors (Lipinski definition) is 0. The molecule has 0 saturated carbocycles. The second-order valence-corrected chi connectivity index (χ2v) is 15.6. The van der Waals surface area contributed by atoms with E-state index in [0.29, 0.717) is 0 Å². The number of furan rings is 1. The van der Waals surface area contributed by atoms with Gasteiger partial charge < -0.3 is 9.32 Å². The molecule has 0 aliphatic heterocycles. The number of rotatable bonds is 6. The van der Waals surface area contributed by atoms with E-state index in [1.807, 2.05) is 0 Å². The van der Waals surface area contributed by atoms with Crippen LogP contribution in [-0.2, 0) is 5.41 Å². The zero-order valence-corrected chi connectivity index (χ0v) is 32.2. The molecule has 0 spiro atoms. The largest absolute Gasteiger partial charge is 0.453 e. The van der Waals surface area contributed by atoms with Crippen molar-refractivity contribution < 1.29 is 4.42 Å². The predicted octanol–water partition coefficient (Wildman–Crippen LogP) is 15.4. The molecule has 0 amide bonds. The first-order valence-corrected chi connectivity index (χ1v) is 20.3. The average Bonchev–Trinajstić information content (AvgIpc) is 3.85. The highest BCUT2D eigenvalue weighted by Crippen LogP contribution is 2.58. The third-order valence-electron chi connectivity index (χ3n) is 12.5. The lowest BCUT2D eigenvalue weighted by Crippen LogP contribution is -2.28. The SMILES string of the molecule is c1ccc(-c2cc(N(c3ccccc3)c3ccc4c(c3)C(c3ccccc3)(c3ccccc3)c3ccccc3-4)c3oc4c5ccccc5c5ccccc5c4c3c2)cc1. The highest BCUT2D eigenvalue weighted by molar-refractivity contribution is 6.31. The van der Waals surface area contributed by atoms with Crippen molar-refractivity contribution in [2.75, 3.05) is 4.90 Å². The molecule has 0 bridgehead atoms. The van der Waals surface area contributed by atoms with Gasteiger partial charge in [0, 0.05) is 27.5 Å². The van der Waals surface area contributed by atoms with Crippen molar-refractivity contribution in [1.29, 1.82) is 0 Å². The van der Waals surface area contributed by atoms with Crippen molar-refractivity contribution >= 4 is 60.5 Å². The van der Waals surface area contributed by atoms with Crippen molar-refractivity contribution in [2.45, 2.75) is 5.41 Å². The van der Waals surface area contributed by atoms with E-state index in [-0.39, 0.29) is 0 Å². The van der Waals surface area contributed by atoms with Crippen molar-refractivity contribution in [2.24, 2.45) is 0 Å². The Hall–Kier alpha value is -7.68. The van der Waals surface area contributed by atoms with Gasteiger partial charge in [-0.2, -0.15) is 0 Å². The molecule has 10 aromatic carbocycles. The van der Waals surface area contributed by atoms with Crippen LogP contribution in [0, 0.1) is 0 Å². The van der Waals surface area contributed by atoms with Crippen LogP contribution in [0.4, 0.5) is 17.1 Å². The molecule has 0 saturated heterocycles. The van der Waals surface area contributed by atoms with Gasteiger partial charge in [-0.15, -0.1) is 0 Å². The highest BCUT2D eigenvalue weighted by atomic mass is 16.3. The maximum atomic E-state index is 7.30. The lowest BCUT2D eigenvalue weighted by Gasteiger charge is -2.35. The summed E-state index contributed by atoms with van der Waals surface area (Å²) < 4.78 is 7.30. The first-order valence-electron chi connectivity index (χ1n) is 20.3. The van der Waals surface area contributed by atoms with Crippen LogP contribution < -0.4 is 4.90 Å². The van der Waals surface area contributed by atoms with Gasteiger partial charge in [-0.25, -0.2) is 0 Å². The number of hydrogen-bond acceptors (Lipinski definition) is 2. The fourth-order valence-corrected chi connectivity index (χ4v) is 10.0. The zero-order chi connectivity index (χ0) is 38.9. The monoisotopic (exact) mass is 751 g/mol. The summed E-state index contributed by atoms with van der Waals surface area (Å²) in [5.41, 5.74) is 14.1. The zero-order valence-electron chi connectivity index (χ0n) is 32.2. The summed E-state index contributed by atoms with van der Waals surface area (Å²) in [4.78, 5) is 2.41. The molecule has 0 radical (unpaired) electrons. The summed E-state index contributed by atoms with van der Waals surface area (Å²) in [6.07, 6.45) is 0. The normalized spacial score (nSPS) is 12.9. The van der Waals surface area contributed by atoms with E-state index >= 15 is 0 Å². The molecular weight excluding hydrogens is 715 g/mol. The van der Waals surface area contributed by atoms with Crippen LogP contribution in [-0.4, -0.2) is 0 Å². The molecule has 11 aromatic rings. The van der Waals surface area contributed by atoms with Gasteiger partial charge in [0.05, 0.1) is 11.1 Å². The average molecular weight is 752 g/mol.